The van der Waals surface area contributed by atoms with E-state index in [4.69, 9.17) is 4.74 Å². The van der Waals surface area contributed by atoms with Gasteiger partial charge in [0.15, 0.2) is 5.69 Å². The van der Waals surface area contributed by atoms with Crippen molar-refractivity contribution < 1.29 is 14.3 Å². The first kappa shape index (κ1) is 13.1. The molecule has 0 saturated heterocycles. The minimum Gasteiger partial charge on any atom is -0.488 e. The van der Waals surface area contributed by atoms with E-state index in [1.165, 1.54) is 7.11 Å². The number of carbonyl (C=O) groups excluding carboxylic acids is 1. The SMILES string of the molecule is COC(=O)c1cn(CC2Cc3cc(Br)ccc3O2)nn1. The summed E-state index contributed by atoms with van der Waals surface area (Å²) in [6, 6.07) is 5.95. The lowest BCUT2D eigenvalue weighted by molar-refractivity contribution is 0.0594. The van der Waals surface area contributed by atoms with Crippen LogP contribution >= 0.6 is 15.9 Å². The van der Waals surface area contributed by atoms with Crippen molar-refractivity contribution in [1.29, 1.82) is 0 Å². The van der Waals surface area contributed by atoms with Gasteiger partial charge in [0, 0.05) is 10.9 Å². The van der Waals surface area contributed by atoms with E-state index < -0.39 is 5.97 Å². The number of halogens is 1. The van der Waals surface area contributed by atoms with E-state index in [2.05, 4.69) is 37.0 Å². The quantitative estimate of drug-likeness (QED) is 0.799. The first-order chi connectivity index (χ1) is 9.65. The molecular weight excluding hydrogens is 326 g/mol. The number of ether oxygens (including phenoxy) is 2. The molecule has 104 valence electrons. The van der Waals surface area contributed by atoms with Crippen LogP contribution in [0.2, 0.25) is 0 Å². The molecular formula is C13H12BrN3O3. The summed E-state index contributed by atoms with van der Waals surface area (Å²) >= 11 is 3.44. The van der Waals surface area contributed by atoms with E-state index in [0.717, 1.165) is 22.2 Å². The number of nitrogens with zero attached hydrogens (tertiary/aromatic N) is 3. The Morgan fingerprint density at radius 1 is 1.60 bits per heavy atom. The predicted molar refractivity (Wildman–Crippen MR) is 73.6 cm³/mol. The number of hydrogen-bond acceptors (Lipinski definition) is 5. The van der Waals surface area contributed by atoms with Crippen molar-refractivity contribution in [1.82, 2.24) is 15.0 Å². The largest absolute Gasteiger partial charge is 0.488 e. The number of carbonyl (C=O) groups is 1. The Balaban J connectivity index is 1.68. The first-order valence-corrected chi connectivity index (χ1v) is 6.88. The van der Waals surface area contributed by atoms with Crippen LogP contribution < -0.4 is 4.74 Å². The van der Waals surface area contributed by atoms with Crippen LogP contribution in [-0.4, -0.2) is 34.2 Å². The zero-order valence-electron chi connectivity index (χ0n) is 10.7. The van der Waals surface area contributed by atoms with Gasteiger partial charge in [-0.1, -0.05) is 21.1 Å². The van der Waals surface area contributed by atoms with E-state index in [1.807, 2.05) is 12.1 Å². The van der Waals surface area contributed by atoms with Gasteiger partial charge in [-0.15, -0.1) is 5.10 Å². The fraction of sp³-hybridized carbons (Fsp3) is 0.308. The average molecular weight is 338 g/mol. The van der Waals surface area contributed by atoms with Gasteiger partial charge in [-0.3, -0.25) is 0 Å². The van der Waals surface area contributed by atoms with Crippen LogP contribution in [-0.2, 0) is 17.7 Å². The lowest BCUT2D eigenvalue weighted by atomic mass is 10.1. The van der Waals surface area contributed by atoms with Gasteiger partial charge < -0.3 is 9.47 Å². The highest BCUT2D eigenvalue weighted by Gasteiger charge is 2.24. The second kappa shape index (κ2) is 5.24. The molecule has 1 aromatic heterocycles. The lowest BCUT2D eigenvalue weighted by Crippen LogP contribution is -2.21. The van der Waals surface area contributed by atoms with Crippen molar-refractivity contribution in [2.45, 2.75) is 19.1 Å². The number of rotatable bonds is 3. The highest BCUT2D eigenvalue weighted by atomic mass is 79.9. The van der Waals surface area contributed by atoms with Crippen LogP contribution in [0.15, 0.2) is 28.9 Å². The number of fused-ring (bicyclic) bond motifs is 1. The summed E-state index contributed by atoms with van der Waals surface area (Å²) in [4.78, 5) is 11.3. The summed E-state index contributed by atoms with van der Waals surface area (Å²) in [6.07, 6.45) is 2.36. The van der Waals surface area contributed by atoms with Gasteiger partial charge in [-0.05, 0) is 23.8 Å². The summed E-state index contributed by atoms with van der Waals surface area (Å²) in [5.74, 6) is 0.405. The Morgan fingerprint density at radius 3 is 3.25 bits per heavy atom. The summed E-state index contributed by atoms with van der Waals surface area (Å²) in [5.41, 5.74) is 1.36. The molecule has 2 aromatic rings. The molecule has 1 atom stereocenters. The molecule has 2 heterocycles. The molecule has 0 saturated carbocycles. The van der Waals surface area contributed by atoms with Crippen molar-refractivity contribution >= 4 is 21.9 Å². The van der Waals surface area contributed by atoms with Crippen molar-refractivity contribution in [2.75, 3.05) is 7.11 Å². The molecule has 1 aliphatic rings. The van der Waals surface area contributed by atoms with E-state index in [1.54, 1.807) is 10.9 Å². The normalized spacial score (nSPS) is 16.6. The smallest absolute Gasteiger partial charge is 0.360 e. The zero-order valence-corrected chi connectivity index (χ0v) is 12.3. The molecule has 1 aromatic carbocycles. The maximum absolute atomic E-state index is 11.3. The third kappa shape index (κ3) is 2.53. The minimum atomic E-state index is -0.490. The van der Waals surface area contributed by atoms with Crippen LogP contribution in [0, 0.1) is 0 Å². The van der Waals surface area contributed by atoms with Gasteiger partial charge in [0.05, 0.1) is 19.9 Å². The summed E-state index contributed by atoms with van der Waals surface area (Å²) in [5, 5.41) is 7.67. The van der Waals surface area contributed by atoms with Gasteiger partial charge in [0.25, 0.3) is 0 Å². The number of hydrogen-bond donors (Lipinski definition) is 0. The third-order valence-electron chi connectivity index (χ3n) is 3.09. The zero-order chi connectivity index (χ0) is 14.1. The molecule has 7 heteroatoms. The topological polar surface area (TPSA) is 66.2 Å². The standard InChI is InChI=1S/C13H12BrN3O3/c1-19-13(18)11-7-17(16-15-11)6-10-5-8-4-9(14)2-3-12(8)20-10/h2-4,7,10H,5-6H2,1H3. The van der Waals surface area contributed by atoms with E-state index in [9.17, 15) is 4.79 Å². The lowest BCUT2D eigenvalue weighted by Gasteiger charge is -2.09. The van der Waals surface area contributed by atoms with Gasteiger partial charge in [0.2, 0.25) is 0 Å². The Morgan fingerprint density at radius 2 is 2.45 bits per heavy atom. The highest BCUT2D eigenvalue weighted by Crippen LogP contribution is 2.31. The fourth-order valence-corrected chi connectivity index (χ4v) is 2.59. The number of aromatic nitrogens is 3. The van der Waals surface area contributed by atoms with Gasteiger partial charge in [0.1, 0.15) is 11.9 Å². The summed E-state index contributed by atoms with van der Waals surface area (Å²) in [6.45, 7) is 0.538. The summed E-state index contributed by atoms with van der Waals surface area (Å²) < 4.78 is 13.1. The monoisotopic (exact) mass is 337 g/mol. The van der Waals surface area contributed by atoms with E-state index in [0.29, 0.717) is 6.54 Å². The first-order valence-electron chi connectivity index (χ1n) is 6.09. The molecule has 0 aliphatic carbocycles. The number of methoxy groups -OCH3 is 1. The van der Waals surface area contributed by atoms with E-state index in [-0.39, 0.29) is 11.8 Å². The fourth-order valence-electron chi connectivity index (χ4n) is 2.19. The Kier molecular flexibility index (Phi) is 3.43. The van der Waals surface area contributed by atoms with E-state index >= 15 is 0 Å². The molecule has 0 N–H and O–H groups in total. The van der Waals surface area contributed by atoms with Gasteiger partial charge >= 0.3 is 5.97 Å². The molecule has 20 heavy (non-hydrogen) atoms. The number of benzene rings is 1. The Labute approximate surface area is 123 Å². The third-order valence-corrected chi connectivity index (χ3v) is 3.58. The summed E-state index contributed by atoms with van der Waals surface area (Å²) in [7, 11) is 1.32. The molecule has 0 spiro atoms. The minimum absolute atomic E-state index is 0.00787. The van der Waals surface area contributed by atoms with Crippen molar-refractivity contribution in [3.8, 4) is 5.75 Å². The van der Waals surface area contributed by atoms with Crippen LogP contribution in [0.1, 0.15) is 16.1 Å². The molecule has 0 fully saturated rings. The Bertz CT molecular complexity index is 656. The van der Waals surface area contributed by atoms with Crippen molar-refractivity contribution in [3.05, 3.63) is 40.1 Å². The van der Waals surface area contributed by atoms with Gasteiger partial charge in [-0.2, -0.15) is 0 Å². The van der Waals surface area contributed by atoms with Crippen LogP contribution in [0.3, 0.4) is 0 Å². The molecule has 1 unspecified atom stereocenters. The molecule has 0 bridgehead atoms. The van der Waals surface area contributed by atoms with Crippen LogP contribution in [0.5, 0.6) is 5.75 Å². The Hall–Kier alpha value is -1.89. The number of esters is 1. The molecule has 0 radical (unpaired) electrons. The van der Waals surface area contributed by atoms with Crippen molar-refractivity contribution in [3.63, 3.8) is 0 Å². The predicted octanol–water partition coefficient (Wildman–Crippen LogP) is 1.83. The highest BCUT2D eigenvalue weighted by molar-refractivity contribution is 9.10. The second-order valence-corrected chi connectivity index (χ2v) is 5.43. The maximum Gasteiger partial charge on any atom is 0.360 e. The van der Waals surface area contributed by atoms with Crippen LogP contribution in [0.4, 0.5) is 0 Å². The molecule has 0 amide bonds. The molecule has 1 aliphatic heterocycles. The van der Waals surface area contributed by atoms with Crippen molar-refractivity contribution in [2.24, 2.45) is 0 Å². The second-order valence-electron chi connectivity index (χ2n) is 4.51. The molecule has 6 nitrogen and oxygen atoms in total. The average Bonchev–Trinajstić information content (AvgIpc) is 3.04. The van der Waals surface area contributed by atoms with Gasteiger partial charge in [-0.25, -0.2) is 9.48 Å². The maximum atomic E-state index is 11.3. The van der Waals surface area contributed by atoms with Crippen LogP contribution in [0.25, 0.3) is 0 Å². The molecule has 3 rings (SSSR count).